The SMILES string of the molecule is COc1ccc(C(=O)NCC23CCCC=C2NC(=O)CC3)cc1. The first kappa shape index (κ1) is 15.6. The minimum atomic E-state index is -0.117. The standard InChI is InChI=1S/C18H22N2O3/c1-23-14-7-5-13(6-8-14)17(22)19-12-18-10-3-2-4-15(18)20-16(21)9-11-18/h4-8H,2-3,9-12H2,1H3,(H,19,22)(H,20,21). The molecule has 0 spiro atoms. The van der Waals surface area contributed by atoms with E-state index in [-0.39, 0.29) is 17.2 Å². The Kier molecular flexibility index (Phi) is 4.37. The molecule has 1 unspecified atom stereocenters. The van der Waals surface area contributed by atoms with Crippen molar-refractivity contribution in [3.05, 3.63) is 41.6 Å². The summed E-state index contributed by atoms with van der Waals surface area (Å²) in [7, 11) is 1.60. The van der Waals surface area contributed by atoms with Crippen molar-refractivity contribution in [1.82, 2.24) is 10.6 Å². The molecule has 1 aromatic carbocycles. The molecule has 0 aromatic heterocycles. The number of carbonyl (C=O) groups is 2. The van der Waals surface area contributed by atoms with Crippen LogP contribution >= 0.6 is 0 Å². The van der Waals surface area contributed by atoms with Gasteiger partial charge in [-0.05, 0) is 49.9 Å². The second kappa shape index (κ2) is 6.44. The summed E-state index contributed by atoms with van der Waals surface area (Å²) in [6.45, 7) is 0.559. The van der Waals surface area contributed by atoms with Crippen LogP contribution in [0.15, 0.2) is 36.0 Å². The highest BCUT2D eigenvalue weighted by atomic mass is 16.5. The van der Waals surface area contributed by atoms with Gasteiger partial charge in [0.1, 0.15) is 5.75 Å². The van der Waals surface area contributed by atoms with Crippen LogP contribution in [0.4, 0.5) is 0 Å². The molecule has 5 heteroatoms. The van der Waals surface area contributed by atoms with Gasteiger partial charge in [-0.25, -0.2) is 0 Å². The lowest BCUT2D eigenvalue weighted by Crippen LogP contribution is -2.48. The maximum Gasteiger partial charge on any atom is 0.251 e. The molecule has 1 atom stereocenters. The Labute approximate surface area is 136 Å². The van der Waals surface area contributed by atoms with Gasteiger partial charge in [-0.15, -0.1) is 0 Å². The van der Waals surface area contributed by atoms with Gasteiger partial charge < -0.3 is 15.4 Å². The van der Waals surface area contributed by atoms with Crippen LogP contribution in [0.2, 0.25) is 0 Å². The number of amides is 2. The number of allylic oxidation sites excluding steroid dienone is 1. The van der Waals surface area contributed by atoms with E-state index < -0.39 is 0 Å². The Morgan fingerprint density at radius 2 is 2.09 bits per heavy atom. The van der Waals surface area contributed by atoms with E-state index in [1.165, 1.54) is 0 Å². The molecule has 1 aromatic rings. The van der Waals surface area contributed by atoms with Crippen molar-refractivity contribution in [3.63, 3.8) is 0 Å². The smallest absolute Gasteiger partial charge is 0.251 e. The molecule has 2 aliphatic rings. The van der Waals surface area contributed by atoms with Gasteiger partial charge in [0, 0.05) is 29.6 Å². The summed E-state index contributed by atoms with van der Waals surface area (Å²) in [5.41, 5.74) is 1.49. The van der Waals surface area contributed by atoms with Gasteiger partial charge >= 0.3 is 0 Å². The highest BCUT2D eigenvalue weighted by molar-refractivity contribution is 5.94. The summed E-state index contributed by atoms with van der Waals surface area (Å²) in [4.78, 5) is 24.0. The number of rotatable bonds is 4. The van der Waals surface area contributed by atoms with Gasteiger partial charge in [0.25, 0.3) is 5.91 Å². The van der Waals surface area contributed by atoms with E-state index in [1.54, 1.807) is 31.4 Å². The molecular formula is C18H22N2O3. The number of piperidine rings is 1. The maximum atomic E-state index is 12.4. The van der Waals surface area contributed by atoms with E-state index >= 15 is 0 Å². The van der Waals surface area contributed by atoms with E-state index in [1.807, 2.05) is 0 Å². The molecule has 2 amide bonds. The number of benzene rings is 1. The number of fused-ring (bicyclic) bond motifs is 1. The summed E-state index contributed by atoms with van der Waals surface area (Å²) in [5, 5.41) is 6.03. The highest BCUT2D eigenvalue weighted by Crippen LogP contribution is 2.42. The zero-order chi connectivity index (χ0) is 16.3. The van der Waals surface area contributed by atoms with Crippen LogP contribution in [0, 0.1) is 5.41 Å². The number of nitrogens with one attached hydrogen (secondary N) is 2. The molecule has 0 bridgehead atoms. The lowest BCUT2D eigenvalue weighted by Gasteiger charge is -2.42. The van der Waals surface area contributed by atoms with Gasteiger partial charge in [-0.1, -0.05) is 6.08 Å². The van der Waals surface area contributed by atoms with E-state index in [0.29, 0.717) is 18.5 Å². The molecular weight excluding hydrogens is 292 g/mol. The summed E-state index contributed by atoms with van der Waals surface area (Å²) in [6, 6.07) is 7.07. The van der Waals surface area contributed by atoms with Crippen molar-refractivity contribution in [3.8, 4) is 5.75 Å². The van der Waals surface area contributed by atoms with Gasteiger partial charge in [-0.3, -0.25) is 9.59 Å². The predicted molar refractivity (Wildman–Crippen MR) is 87.1 cm³/mol. The van der Waals surface area contributed by atoms with Gasteiger partial charge in [0.05, 0.1) is 7.11 Å². The maximum absolute atomic E-state index is 12.4. The van der Waals surface area contributed by atoms with E-state index in [2.05, 4.69) is 16.7 Å². The second-order valence-corrected chi connectivity index (χ2v) is 6.25. The van der Waals surface area contributed by atoms with Crippen molar-refractivity contribution in [2.45, 2.75) is 32.1 Å². The normalized spacial score (nSPS) is 23.3. The third-order valence-corrected chi connectivity index (χ3v) is 4.82. The number of methoxy groups -OCH3 is 1. The molecule has 2 N–H and O–H groups in total. The average Bonchev–Trinajstić information content (AvgIpc) is 2.60. The highest BCUT2D eigenvalue weighted by Gasteiger charge is 2.40. The van der Waals surface area contributed by atoms with Crippen LogP contribution in [0.25, 0.3) is 0 Å². The van der Waals surface area contributed by atoms with Crippen LogP contribution in [-0.2, 0) is 4.79 Å². The first-order chi connectivity index (χ1) is 11.1. The predicted octanol–water partition coefficient (Wildman–Crippen LogP) is 2.39. The van der Waals surface area contributed by atoms with Gasteiger partial charge in [-0.2, -0.15) is 0 Å². The third kappa shape index (κ3) is 3.23. The first-order valence-electron chi connectivity index (χ1n) is 8.06. The number of carbonyl (C=O) groups excluding carboxylic acids is 2. The van der Waals surface area contributed by atoms with Gasteiger partial charge in [0.2, 0.25) is 5.91 Å². The molecule has 1 fully saturated rings. The van der Waals surface area contributed by atoms with Crippen LogP contribution in [0.1, 0.15) is 42.5 Å². The third-order valence-electron chi connectivity index (χ3n) is 4.82. The van der Waals surface area contributed by atoms with Crippen LogP contribution < -0.4 is 15.4 Å². The largest absolute Gasteiger partial charge is 0.497 e. The molecule has 1 aliphatic heterocycles. The molecule has 122 valence electrons. The molecule has 3 rings (SSSR count). The molecule has 1 saturated heterocycles. The Morgan fingerprint density at radius 1 is 1.30 bits per heavy atom. The monoisotopic (exact) mass is 314 g/mol. The van der Waals surface area contributed by atoms with Crippen molar-refractivity contribution >= 4 is 11.8 Å². The van der Waals surface area contributed by atoms with E-state index in [0.717, 1.165) is 37.1 Å². The van der Waals surface area contributed by atoms with Crippen LogP contribution in [0.3, 0.4) is 0 Å². The fraction of sp³-hybridized carbons (Fsp3) is 0.444. The number of hydrogen-bond acceptors (Lipinski definition) is 3. The molecule has 0 saturated carbocycles. The molecule has 0 radical (unpaired) electrons. The van der Waals surface area contributed by atoms with E-state index in [9.17, 15) is 9.59 Å². The zero-order valence-corrected chi connectivity index (χ0v) is 13.4. The fourth-order valence-electron chi connectivity index (χ4n) is 3.41. The summed E-state index contributed by atoms with van der Waals surface area (Å²) in [6.07, 6.45) is 6.52. The van der Waals surface area contributed by atoms with Crippen molar-refractivity contribution in [2.75, 3.05) is 13.7 Å². The second-order valence-electron chi connectivity index (χ2n) is 6.25. The quantitative estimate of drug-likeness (QED) is 0.896. The van der Waals surface area contributed by atoms with Crippen LogP contribution in [0.5, 0.6) is 5.75 Å². The van der Waals surface area contributed by atoms with Crippen molar-refractivity contribution in [1.29, 1.82) is 0 Å². The summed E-state index contributed by atoms with van der Waals surface area (Å²) >= 11 is 0. The first-order valence-corrected chi connectivity index (χ1v) is 8.06. The fourth-order valence-corrected chi connectivity index (χ4v) is 3.41. The zero-order valence-electron chi connectivity index (χ0n) is 13.4. The molecule has 1 aliphatic carbocycles. The molecule has 5 nitrogen and oxygen atoms in total. The van der Waals surface area contributed by atoms with Crippen molar-refractivity contribution < 1.29 is 14.3 Å². The number of hydrogen-bond donors (Lipinski definition) is 2. The molecule has 23 heavy (non-hydrogen) atoms. The molecule has 1 heterocycles. The Morgan fingerprint density at radius 3 is 2.83 bits per heavy atom. The van der Waals surface area contributed by atoms with Crippen molar-refractivity contribution in [2.24, 2.45) is 5.41 Å². The lowest BCUT2D eigenvalue weighted by atomic mass is 9.70. The van der Waals surface area contributed by atoms with E-state index in [4.69, 9.17) is 4.74 Å². The summed E-state index contributed by atoms with van der Waals surface area (Å²) in [5.74, 6) is 0.715. The Balaban J connectivity index is 1.68. The minimum absolute atomic E-state index is 0.0789. The lowest BCUT2D eigenvalue weighted by molar-refractivity contribution is -0.122. The Bertz CT molecular complexity index is 636. The average molecular weight is 314 g/mol. The topological polar surface area (TPSA) is 67.4 Å². The minimum Gasteiger partial charge on any atom is -0.497 e. The number of ether oxygens (including phenoxy) is 1. The van der Waals surface area contributed by atoms with Crippen LogP contribution in [-0.4, -0.2) is 25.5 Å². The Hall–Kier alpha value is -2.30. The van der Waals surface area contributed by atoms with Gasteiger partial charge in [0.15, 0.2) is 0 Å². The summed E-state index contributed by atoms with van der Waals surface area (Å²) < 4.78 is 5.10.